The van der Waals surface area contributed by atoms with Gasteiger partial charge in [-0.05, 0) is 24.3 Å². The first-order chi connectivity index (χ1) is 15.5. The van der Waals surface area contributed by atoms with Gasteiger partial charge in [0.05, 0.1) is 21.7 Å². The van der Waals surface area contributed by atoms with Crippen LogP contribution in [0, 0.1) is 21.7 Å². The number of nitrogens with zero attached hydrogens (tertiary/aromatic N) is 1. The van der Waals surface area contributed by atoms with Crippen LogP contribution in [0.1, 0.15) is 15.9 Å². The topological polar surface area (TPSA) is 98.5 Å². The molecular weight excluding hydrogens is 455 g/mol. The van der Waals surface area contributed by atoms with E-state index in [1.807, 2.05) is 5.32 Å². The van der Waals surface area contributed by atoms with Crippen molar-refractivity contribution in [1.82, 2.24) is 0 Å². The summed E-state index contributed by atoms with van der Waals surface area (Å²) in [7, 11) is 0. The number of para-hydroxylation sites is 2. The Morgan fingerprint density at radius 3 is 2.18 bits per heavy atom. The molecule has 0 bridgehead atoms. The summed E-state index contributed by atoms with van der Waals surface area (Å²) in [5.74, 6) is -4.19. The third kappa shape index (κ3) is 6.82. The molecule has 0 aliphatic carbocycles. The molecule has 172 valence electrons. The molecule has 0 radical (unpaired) electrons. The summed E-state index contributed by atoms with van der Waals surface area (Å²) in [6.45, 7) is -0.264. The Bertz CT molecular complexity index is 1150. The fourth-order valence-electron chi connectivity index (χ4n) is 2.44. The number of halogens is 5. The van der Waals surface area contributed by atoms with E-state index < -0.39 is 51.2 Å². The standard InChI is InChI=1S/C15H8F5NO3.C6H5NO2/c16-8-4-5-12(11(17)6-8)21-14(23)9-2-1-3-10(15(18,19)20)13(9)24-7-22;8-7(9)6-4-2-1-3-5-6/h1-7H,(H,21,23);1-5H. The predicted octanol–water partition coefficient (Wildman–Crippen LogP) is 5.37. The smallest absolute Gasteiger partial charge is 0.420 e. The largest absolute Gasteiger partial charge is 0.427 e. The molecule has 0 spiro atoms. The minimum atomic E-state index is -4.88. The molecule has 12 heteroatoms. The third-order valence-electron chi connectivity index (χ3n) is 3.88. The number of non-ortho nitro benzene ring substituents is 1. The SMILES string of the molecule is O=COc1c(C(=O)Nc2ccc(F)cc2F)cccc1C(F)(F)F.O=[N+]([O-])c1ccccc1. The van der Waals surface area contributed by atoms with Crippen molar-refractivity contribution in [1.29, 1.82) is 0 Å². The van der Waals surface area contributed by atoms with E-state index in [0.717, 1.165) is 24.3 Å². The summed E-state index contributed by atoms with van der Waals surface area (Å²) in [6, 6.07) is 12.7. The number of hydrogen-bond donors (Lipinski definition) is 1. The highest BCUT2D eigenvalue weighted by Gasteiger charge is 2.36. The molecule has 1 N–H and O–H groups in total. The molecule has 3 aromatic carbocycles. The van der Waals surface area contributed by atoms with Crippen LogP contribution >= 0.6 is 0 Å². The Kier molecular flexibility index (Phi) is 8.15. The second kappa shape index (κ2) is 10.8. The second-order valence-electron chi connectivity index (χ2n) is 6.07. The number of rotatable bonds is 5. The fourth-order valence-corrected chi connectivity index (χ4v) is 2.44. The van der Waals surface area contributed by atoms with Crippen LogP contribution in [0.4, 0.5) is 33.3 Å². The summed E-state index contributed by atoms with van der Waals surface area (Å²) in [5, 5.41) is 12.0. The summed E-state index contributed by atoms with van der Waals surface area (Å²) in [4.78, 5) is 32.1. The quantitative estimate of drug-likeness (QED) is 0.235. The van der Waals surface area contributed by atoms with Crippen LogP contribution in [0.15, 0.2) is 66.7 Å². The highest BCUT2D eigenvalue weighted by Crippen LogP contribution is 2.38. The highest BCUT2D eigenvalue weighted by atomic mass is 19.4. The van der Waals surface area contributed by atoms with Crippen molar-refractivity contribution < 1.29 is 41.2 Å². The van der Waals surface area contributed by atoms with E-state index in [0.29, 0.717) is 12.1 Å². The van der Waals surface area contributed by atoms with Gasteiger partial charge in [0.15, 0.2) is 5.75 Å². The lowest BCUT2D eigenvalue weighted by Gasteiger charge is -2.14. The molecule has 1 amide bonds. The van der Waals surface area contributed by atoms with Gasteiger partial charge in [0, 0.05) is 18.2 Å². The first kappa shape index (κ1) is 24.9. The second-order valence-corrected chi connectivity index (χ2v) is 6.07. The van der Waals surface area contributed by atoms with E-state index in [-0.39, 0.29) is 12.2 Å². The molecule has 3 rings (SSSR count). The molecule has 33 heavy (non-hydrogen) atoms. The Labute approximate surface area is 182 Å². The van der Waals surface area contributed by atoms with Crippen LogP contribution in [0.5, 0.6) is 5.75 Å². The first-order valence-corrected chi connectivity index (χ1v) is 8.81. The van der Waals surface area contributed by atoms with Gasteiger partial charge >= 0.3 is 6.18 Å². The molecule has 3 aromatic rings. The zero-order valence-corrected chi connectivity index (χ0v) is 16.3. The zero-order valence-electron chi connectivity index (χ0n) is 16.3. The van der Waals surface area contributed by atoms with Gasteiger partial charge in [-0.2, -0.15) is 13.2 Å². The van der Waals surface area contributed by atoms with Gasteiger partial charge in [0.1, 0.15) is 11.6 Å². The molecule has 0 atom stereocenters. The van der Waals surface area contributed by atoms with Crippen molar-refractivity contribution in [3.63, 3.8) is 0 Å². The number of carbonyl (C=O) groups is 2. The van der Waals surface area contributed by atoms with Gasteiger partial charge in [-0.3, -0.25) is 19.7 Å². The van der Waals surface area contributed by atoms with Crippen LogP contribution in [0.25, 0.3) is 0 Å². The van der Waals surface area contributed by atoms with Crippen molar-refractivity contribution in [2.24, 2.45) is 0 Å². The first-order valence-electron chi connectivity index (χ1n) is 8.81. The molecule has 0 saturated carbocycles. The minimum absolute atomic E-state index is 0.137. The number of nitro groups is 1. The molecule has 7 nitrogen and oxygen atoms in total. The van der Waals surface area contributed by atoms with Crippen LogP contribution in [-0.2, 0) is 11.0 Å². The van der Waals surface area contributed by atoms with Crippen molar-refractivity contribution in [3.05, 3.63) is 99.6 Å². The maximum atomic E-state index is 13.5. The van der Waals surface area contributed by atoms with Gasteiger partial charge in [0.25, 0.3) is 18.1 Å². The number of carbonyl (C=O) groups excluding carboxylic acids is 2. The summed E-state index contributed by atoms with van der Waals surface area (Å²) < 4.78 is 69.4. The van der Waals surface area contributed by atoms with E-state index in [4.69, 9.17) is 0 Å². The molecular formula is C21H13F5N2O5. The van der Waals surface area contributed by atoms with Crippen LogP contribution < -0.4 is 10.1 Å². The van der Waals surface area contributed by atoms with E-state index in [9.17, 15) is 41.7 Å². The number of hydrogen-bond acceptors (Lipinski definition) is 5. The maximum absolute atomic E-state index is 13.5. The number of nitro benzene ring substituents is 1. The molecule has 0 saturated heterocycles. The van der Waals surface area contributed by atoms with Crippen molar-refractivity contribution in [3.8, 4) is 5.75 Å². The number of anilines is 1. The highest BCUT2D eigenvalue weighted by molar-refractivity contribution is 6.06. The maximum Gasteiger partial charge on any atom is 0.420 e. The number of ether oxygens (including phenoxy) is 1. The number of nitrogens with one attached hydrogen (secondary N) is 1. The van der Waals surface area contributed by atoms with E-state index in [1.54, 1.807) is 18.2 Å². The molecule has 0 aliphatic rings. The van der Waals surface area contributed by atoms with Crippen molar-refractivity contribution >= 4 is 23.8 Å². The molecule has 0 unspecified atom stereocenters. The van der Waals surface area contributed by atoms with Crippen molar-refractivity contribution in [2.75, 3.05) is 5.32 Å². The van der Waals surface area contributed by atoms with Crippen LogP contribution in [0.3, 0.4) is 0 Å². The Morgan fingerprint density at radius 1 is 1.00 bits per heavy atom. The van der Waals surface area contributed by atoms with Crippen molar-refractivity contribution in [2.45, 2.75) is 6.18 Å². The normalized spacial score (nSPS) is 10.5. The Morgan fingerprint density at radius 2 is 1.67 bits per heavy atom. The number of alkyl halides is 3. The lowest BCUT2D eigenvalue weighted by Crippen LogP contribution is -2.17. The van der Waals surface area contributed by atoms with Crippen LogP contribution in [0.2, 0.25) is 0 Å². The Hall–Kier alpha value is -4.35. The van der Waals surface area contributed by atoms with Gasteiger partial charge in [-0.1, -0.05) is 24.3 Å². The van der Waals surface area contributed by atoms with Gasteiger partial charge < -0.3 is 10.1 Å². The average molecular weight is 468 g/mol. The average Bonchev–Trinajstić information content (AvgIpc) is 2.76. The molecule has 0 fully saturated rings. The number of amides is 1. The van der Waals surface area contributed by atoms with Gasteiger partial charge in [-0.15, -0.1) is 0 Å². The van der Waals surface area contributed by atoms with Gasteiger partial charge in [-0.25, -0.2) is 8.78 Å². The fraction of sp³-hybridized carbons (Fsp3) is 0.0476. The zero-order chi connectivity index (χ0) is 24.6. The van der Waals surface area contributed by atoms with Gasteiger partial charge in [0.2, 0.25) is 0 Å². The predicted molar refractivity (Wildman–Crippen MR) is 106 cm³/mol. The van der Waals surface area contributed by atoms with E-state index >= 15 is 0 Å². The summed E-state index contributed by atoms with van der Waals surface area (Å²) in [6.07, 6.45) is -4.88. The molecule has 0 heterocycles. The van der Waals surface area contributed by atoms with E-state index in [2.05, 4.69) is 4.74 Å². The molecule has 0 aromatic heterocycles. The number of benzene rings is 3. The Balaban J connectivity index is 0.000000357. The van der Waals surface area contributed by atoms with Crippen LogP contribution in [-0.4, -0.2) is 17.3 Å². The lowest BCUT2D eigenvalue weighted by molar-refractivity contribution is -0.384. The minimum Gasteiger partial charge on any atom is -0.427 e. The van der Waals surface area contributed by atoms with E-state index in [1.165, 1.54) is 12.1 Å². The third-order valence-corrected chi connectivity index (χ3v) is 3.88. The monoisotopic (exact) mass is 468 g/mol. The summed E-state index contributed by atoms with van der Waals surface area (Å²) in [5.41, 5.74) is -2.30. The summed E-state index contributed by atoms with van der Waals surface area (Å²) >= 11 is 0. The lowest BCUT2D eigenvalue weighted by atomic mass is 10.1. The molecule has 0 aliphatic heterocycles.